The Balaban J connectivity index is 1.69. The van der Waals surface area contributed by atoms with E-state index >= 15 is 0 Å². The minimum Gasteiger partial charge on any atom is -0.461 e. The summed E-state index contributed by atoms with van der Waals surface area (Å²) in [5.41, 5.74) is 0.425. The second-order valence-electron chi connectivity index (χ2n) is 7.58. The summed E-state index contributed by atoms with van der Waals surface area (Å²) in [5.74, 6) is 0.479. The van der Waals surface area contributed by atoms with E-state index in [1.54, 1.807) is 0 Å². The van der Waals surface area contributed by atoms with E-state index in [9.17, 15) is 4.79 Å². The van der Waals surface area contributed by atoms with Crippen LogP contribution in [-0.2, 0) is 14.3 Å². The van der Waals surface area contributed by atoms with E-state index in [-0.39, 0.29) is 34.9 Å². The molecule has 3 rings (SSSR count). The van der Waals surface area contributed by atoms with Crippen molar-refractivity contribution in [1.29, 1.82) is 0 Å². The van der Waals surface area contributed by atoms with E-state index in [4.69, 9.17) is 9.47 Å². The smallest absolute Gasteiger partial charge is 0.313 e. The molecule has 3 fully saturated rings. The van der Waals surface area contributed by atoms with Crippen molar-refractivity contribution in [2.75, 3.05) is 20.3 Å². The van der Waals surface area contributed by atoms with Crippen LogP contribution >= 0.6 is 0 Å². The summed E-state index contributed by atoms with van der Waals surface area (Å²) in [6, 6.07) is 0.0990. The molecule has 0 spiro atoms. The van der Waals surface area contributed by atoms with Crippen LogP contribution in [0.15, 0.2) is 0 Å². The number of hydrogen-bond acceptors (Lipinski definition) is 4. The molecule has 2 saturated carbocycles. The maximum Gasteiger partial charge on any atom is 0.313 e. The van der Waals surface area contributed by atoms with Gasteiger partial charge in [0.15, 0.2) is 0 Å². The second-order valence-corrected chi connectivity index (χ2v) is 7.58. The lowest BCUT2D eigenvalue weighted by atomic mass is 9.70. The Morgan fingerprint density at radius 2 is 2.05 bits per heavy atom. The zero-order valence-electron chi connectivity index (χ0n) is 13.1. The molecular weight excluding hydrogens is 254 g/mol. The molecule has 5 atom stereocenters. The number of carbonyl (C=O) groups excluding carboxylic acids is 1. The minimum absolute atomic E-state index is 0.0728. The first-order valence-corrected chi connectivity index (χ1v) is 7.85. The fourth-order valence-corrected chi connectivity index (χ4v) is 4.61. The minimum atomic E-state index is -0.147. The normalized spacial score (nSPS) is 45.8. The molecule has 5 unspecified atom stereocenters. The maximum atomic E-state index is 12.5. The SMILES string of the molecule is CNC1COCC1C(=O)OC1CC2CCC1(C)C2(C)C. The zero-order valence-corrected chi connectivity index (χ0v) is 13.1. The molecule has 1 N–H and O–H groups in total. The monoisotopic (exact) mass is 281 g/mol. The van der Waals surface area contributed by atoms with Gasteiger partial charge in [0.05, 0.1) is 19.1 Å². The lowest BCUT2D eigenvalue weighted by Crippen LogP contribution is -2.43. The number of esters is 1. The highest BCUT2D eigenvalue weighted by Crippen LogP contribution is 2.66. The molecular formula is C16H27NO3. The predicted octanol–water partition coefficient (Wildman–Crippen LogP) is 1.98. The quantitative estimate of drug-likeness (QED) is 0.804. The van der Waals surface area contributed by atoms with Gasteiger partial charge in [0.2, 0.25) is 0 Å². The van der Waals surface area contributed by atoms with Gasteiger partial charge in [0, 0.05) is 11.5 Å². The van der Waals surface area contributed by atoms with Gasteiger partial charge in [0.25, 0.3) is 0 Å². The lowest BCUT2D eigenvalue weighted by Gasteiger charge is -2.38. The van der Waals surface area contributed by atoms with Crippen LogP contribution in [0.5, 0.6) is 0 Å². The van der Waals surface area contributed by atoms with Crippen LogP contribution in [0.1, 0.15) is 40.0 Å². The Morgan fingerprint density at radius 1 is 1.30 bits per heavy atom. The number of hydrogen-bond donors (Lipinski definition) is 1. The average molecular weight is 281 g/mol. The third-order valence-electron chi connectivity index (χ3n) is 6.73. The maximum absolute atomic E-state index is 12.5. The topological polar surface area (TPSA) is 47.6 Å². The van der Waals surface area contributed by atoms with Crippen molar-refractivity contribution in [2.45, 2.75) is 52.2 Å². The van der Waals surface area contributed by atoms with Gasteiger partial charge < -0.3 is 14.8 Å². The van der Waals surface area contributed by atoms with Gasteiger partial charge in [-0.1, -0.05) is 20.8 Å². The van der Waals surface area contributed by atoms with Crippen LogP contribution in [0, 0.1) is 22.7 Å². The Labute approximate surface area is 121 Å². The number of rotatable bonds is 3. The molecule has 2 bridgehead atoms. The van der Waals surface area contributed by atoms with Gasteiger partial charge in [-0.05, 0) is 37.6 Å². The summed E-state index contributed by atoms with van der Waals surface area (Å²) in [4.78, 5) is 12.5. The first kappa shape index (κ1) is 14.3. The Morgan fingerprint density at radius 3 is 2.60 bits per heavy atom. The standard InChI is InChI=1S/C16H27NO3/c1-15(2)10-5-6-16(15,3)13(7-10)20-14(18)11-8-19-9-12(11)17-4/h10-13,17H,5-9H2,1-4H3. The number of nitrogens with one attached hydrogen (secondary N) is 1. The van der Waals surface area contributed by atoms with E-state index in [0.29, 0.717) is 19.1 Å². The Hall–Kier alpha value is -0.610. The lowest BCUT2D eigenvalue weighted by molar-refractivity contribution is -0.162. The highest BCUT2D eigenvalue weighted by molar-refractivity contribution is 5.74. The molecule has 0 aromatic rings. The molecule has 0 aromatic heterocycles. The Kier molecular flexibility index (Phi) is 3.37. The molecule has 0 radical (unpaired) electrons. The largest absolute Gasteiger partial charge is 0.461 e. The van der Waals surface area contributed by atoms with Crippen molar-refractivity contribution in [3.8, 4) is 0 Å². The molecule has 20 heavy (non-hydrogen) atoms. The highest BCUT2D eigenvalue weighted by Gasteiger charge is 2.63. The van der Waals surface area contributed by atoms with Crippen molar-refractivity contribution < 1.29 is 14.3 Å². The molecule has 1 saturated heterocycles. The summed E-state index contributed by atoms with van der Waals surface area (Å²) >= 11 is 0. The molecule has 2 aliphatic carbocycles. The van der Waals surface area contributed by atoms with Crippen LogP contribution in [0.3, 0.4) is 0 Å². The molecule has 0 amide bonds. The van der Waals surface area contributed by atoms with Gasteiger partial charge in [0.1, 0.15) is 6.10 Å². The fraction of sp³-hybridized carbons (Fsp3) is 0.938. The highest BCUT2D eigenvalue weighted by atomic mass is 16.6. The molecule has 3 aliphatic rings. The summed E-state index contributed by atoms with van der Waals surface area (Å²) in [7, 11) is 1.88. The van der Waals surface area contributed by atoms with Gasteiger partial charge in [-0.25, -0.2) is 0 Å². The molecule has 4 nitrogen and oxygen atoms in total. The zero-order chi connectivity index (χ0) is 14.5. The van der Waals surface area contributed by atoms with E-state index < -0.39 is 0 Å². The van der Waals surface area contributed by atoms with Gasteiger partial charge in [-0.3, -0.25) is 4.79 Å². The van der Waals surface area contributed by atoms with Gasteiger partial charge in [-0.15, -0.1) is 0 Å². The number of likely N-dealkylation sites (N-methyl/N-ethyl adjacent to an activating group) is 1. The van der Waals surface area contributed by atoms with E-state index in [1.165, 1.54) is 12.8 Å². The predicted molar refractivity (Wildman–Crippen MR) is 76.3 cm³/mol. The van der Waals surface area contributed by atoms with Crippen molar-refractivity contribution in [3.63, 3.8) is 0 Å². The molecule has 1 heterocycles. The van der Waals surface area contributed by atoms with E-state index in [2.05, 4.69) is 26.1 Å². The third kappa shape index (κ3) is 1.84. The summed E-state index contributed by atoms with van der Waals surface area (Å²) in [6.07, 6.45) is 3.58. The van der Waals surface area contributed by atoms with Crippen LogP contribution < -0.4 is 5.32 Å². The van der Waals surface area contributed by atoms with Crippen molar-refractivity contribution >= 4 is 5.97 Å². The van der Waals surface area contributed by atoms with E-state index in [0.717, 1.165) is 6.42 Å². The Bertz CT molecular complexity index is 409. The molecule has 1 aliphatic heterocycles. The second kappa shape index (κ2) is 4.70. The summed E-state index contributed by atoms with van der Waals surface area (Å²) < 4.78 is 11.4. The van der Waals surface area contributed by atoms with Crippen LogP contribution in [0.4, 0.5) is 0 Å². The first-order valence-electron chi connectivity index (χ1n) is 7.85. The van der Waals surface area contributed by atoms with Crippen LogP contribution in [-0.4, -0.2) is 38.4 Å². The van der Waals surface area contributed by atoms with Crippen molar-refractivity contribution in [3.05, 3.63) is 0 Å². The van der Waals surface area contributed by atoms with Crippen molar-refractivity contribution in [2.24, 2.45) is 22.7 Å². The fourth-order valence-electron chi connectivity index (χ4n) is 4.61. The first-order chi connectivity index (χ1) is 9.40. The van der Waals surface area contributed by atoms with E-state index in [1.807, 2.05) is 7.05 Å². The molecule has 114 valence electrons. The van der Waals surface area contributed by atoms with Crippen LogP contribution in [0.25, 0.3) is 0 Å². The number of carbonyl (C=O) groups is 1. The van der Waals surface area contributed by atoms with Gasteiger partial charge in [-0.2, -0.15) is 0 Å². The number of fused-ring (bicyclic) bond motifs is 2. The third-order valence-corrected chi connectivity index (χ3v) is 6.73. The summed E-state index contributed by atoms with van der Waals surface area (Å²) in [5, 5.41) is 3.15. The molecule has 4 heteroatoms. The summed E-state index contributed by atoms with van der Waals surface area (Å²) in [6.45, 7) is 8.08. The van der Waals surface area contributed by atoms with Crippen molar-refractivity contribution in [1.82, 2.24) is 5.32 Å². The average Bonchev–Trinajstić information content (AvgIpc) is 3.01. The number of ether oxygens (including phenoxy) is 2. The molecule has 0 aromatic carbocycles. The van der Waals surface area contributed by atoms with Gasteiger partial charge >= 0.3 is 5.97 Å². The van der Waals surface area contributed by atoms with Crippen LogP contribution in [0.2, 0.25) is 0 Å².